The van der Waals surface area contributed by atoms with E-state index in [2.05, 4.69) is 17.5 Å². The van der Waals surface area contributed by atoms with Crippen molar-refractivity contribution in [3.8, 4) is 5.75 Å². The first kappa shape index (κ1) is 17.7. The van der Waals surface area contributed by atoms with E-state index in [4.69, 9.17) is 4.74 Å². The van der Waals surface area contributed by atoms with Crippen LogP contribution in [-0.4, -0.2) is 18.2 Å². The van der Waals surface area contributed by atoms with Crippen molar-refractivity contribution in [3.63, 3.8) is 0 Å². The molecule has 24 heavy (non-hydrogen) atoms. The molecule has 0 unspecified atom stereocenters. The molecular weight excluding hydrogens is 300 g/mol. The zero-order valence-corrected chi connectivity index (χ0v) is 14.3. The molecule has 4 heteroatoms. The number of amides is 1. The van der Waals surface area contributed by atoms with E-state index in [0.717, 1.165) is 36.1 Å². The monoisotopic (exact) mass is 324 g/mol. The molecule has 1 N–H and O–H groups in total. The lowest BCUT2D eigenvalue weighted by atomic mass is 10.1. The molecule has 0 heterocycles. The molecule has 2 aromatic carbocycles. The van der Waals surface area contributed by atoms with Crippen molar-refractivity contribution in [1.82, 2.24) is 5.43 Å². The first-order chi connectivity index (χ1) is 11.7. The van der Waals surface area contributed by atoms with Gasteiger partial charge >= 0.3 is 0 Å². The molecule has 0 bridgehead atoms. The van der Waals surface area contributed by atoms with Crippen LogP contribution in [-0.2, 0) is 4.79 Å². The van der Waals surface area contributed by atoms with Gasteiger partial charge in [0.1, 0.15) is 5.75 Å². The Morgan fingerprint density at radius 1 is 1.12 bits per heavy atom. The molecule has 0 saturated carbocycles. The van der Waals surface area contributed by atoms with Crippen LogP contribution in [0.15, 0.2) is 59.7 Å². The predicted octanol–water partition coefficient (Wildman–Crippen LogP) is 4.08. The number of hydrazone groups is 1. The molecule has 1 amide bonds. The Bertz CT molecular complexity index is 681. The van der Waals surface area contributed by atoms with E-state index >= 15 is 0 Å². The van der Waals surface area contributed by atoms with Gasteiger partial charge in [-0.3, -0.25) is 4.79 Å². The number of benzene rings is 2. The van der Waals surface area contributed by atoms with Crippen LogP contribution < -0.4 is 10.2 Å². The van der Waals surface area contributed by atoms with Crippen LogP contribution in [0.5, 0.6) is 5.75 Å². The zero-order chi connectivity index (χ0) is 17.2. The third-order valence-electron chi connectivity index (χ3n) is 3.55. The van der Waals surface area contributed by atoms with Crippen LogP contribution in [0.1, 0.15) is 37.3 Å². The standard InChI is InChI=1S/C20H24N2O2/c1-3-4-13-19(17-10-6-5-7-11-17)21-22-20(23)15-24-18-12-8-9-16(2)14-18/h5-12,14H,3-4,13,15H2,1-2H3,(H,22,23)/b21-19-. The summed E-state index contributed by atoms with van der Waals surface area (Å²) in [6.45, 7) is 4.07. The molecule has 0 atom stereocenters. The van der Waals surface area contributed by atoms with Crippen molar-refractivity contribution >= 4 is 11.6 Å². The topological polar surface area (TPSA) is 50.7 Å². The van der Waals surface area contributed by atoms with Crippen molar-refractivity contribution in [2.24, 2.45) is 5.10 Å². The highest BCUT2D eigenvalue weighted by Crippen LogP contribution is 2.12. The number of nitrogens with zero attached hydrogens (tertiary/aromatic N) is 1. The summed E-state index contributed by atoms with van der Waals surface area (Å²) in [5.41, 5.74) is 5.62. The Kier molecular flexibility index (Phi) is 7.02. The third-order valence-corrected chi connectivity index (χ3v) is 3.55. The van der Waals surface area contributed by atoms with Gasteiger partial charge in [-0.05, 0) is 43.0 Å². The smallest absolute Gasteiger partial charge is 0.277 e. The first-order valence-electron chi connectivity index (χ1n) is 8.29. The summed E-state index contributed by atoms with van der Waals surface area (Å²) in [6.07, 6.45) is 2.94. The summed E-state index contributed by atoms with van der Waals surface area (Å²) in [5, 5.41) is 4.30. The van der Waals surface area contributed by atoms with Crippen molar-refractivity contribution in [2.75, 3.05) is 6.61 Å². The summed E-state index contributed by atoms with van der Waals surface area (Å²) >= 11 is 0. The minimum atomic E-state index is -0.263. The molecule has 4 nitrogen and oxygen atoms in total. The van der Waals surface area contributed by atoms with E-state index < -0.39 is 0 Å². The largest absolute Gasteiger partial charge is 0.484 e. The van der Waals surface area contributed by atoms with Crippen LogP contribution in [0, 0.1) is 6.92 Å². The average Bonchev–Trinajstić information content (AvgIpc) is 2.61. The fraction of sp³-hybridized carbons (Fsp3) is 0.300. The highest BCUT2D eigenvalue weighted by atomic mass is 16.5. The molecule has 2 aromatic rings. The number of carbonyl (C=O) groups excluding carboxylic acids is 1. The fourth-order valence-corrected chi connectivity index (χ4v) is 2.26. The molecule has 0 spiro atoms. The Morgan fingerprint density at radius 3 is 2.62 bits per heavy atom. The highest BCUT2D eigenvalue weighted by molar-refractivity contribution is 6.01. The lowest BCUT2D eigenvalue weighted by Gasteiger charge is -2.08. The van der Waals surface area contributed by atoms with E-state index in [9.17, 15) is 4.79 Å². The van der Waals surface area contributed by atoms with Crippen molar-refractivity contribution in [3.05, 3.63) is 65.7 Å². The number of rotatable bonds is 8. The van der Waals surface area contributed by atoms with Crippen LogP contribution in [0.25, 0.3) is 0 Å². The maximum absolute atomic E-state index is 12.0. The summed E-state index contributed by atoms with van der Waals surface area (Å²) in [6, 6.07) is 17.5. The van der Waals surface area contributed by atoms with Crippen LogP contribution in [0.4, 0.5) is 0 Å². The second-order valence-electron chi connectivity index (χ2n) is 5.67. The molecule has 2 rings (SSSR count). The van der Waals surface area contributed by atoms with Gasteiger partial charge < -0.3 is 4.74 Å². The number of carbonyl (C=O) groups is 1. The average molecular weight is 324 g/mol. The minimum absolute atomic E-state index is 0.0528. The number of unbranched alkanes of at least 4 members (excludes halogenated alkanes) is 1. The molecule has 0 aliphatic heterocycles. The Labute approximate surface area is 143 Å². The number of nitrogens with one attached hydrogen (secondary N) is 1. The van der Waals surface area contributed by atoms with Gasteiger partial charge in [-0.25, -0.2) is 5.43 Å². The van der Waals surface area contributed by atoms with Crippen molar-refractivity contribution in [1.29, 1.82) is 0 Å². The SMILES string of the molecule is CCCC/C(=N/NC(=O)COc1cccc(C)c1)c1ccccc1. The van der Waals surface area contributed by atoms with Crippen molar-refractivity contribution < 1.29 is 9.53 Å². The van der Waals surface area contributed by atoms with Gasteiger partial charge in [-0.15, -0.1) is 0 Å². The predicted molar refractivity (Wildman–Crippen MR) is 97.3 cm³/mol. The molecule has 0 fully saturated rings. The number of ether oxygens (including phenoxy) is 1. The molecule has 0 aliphatic carbocycles. The summed E-state index contributed by atoms with van der Waals surface area (Å²) < 4.78 is 5.49. The van der Waals surface area contributed by atoms with Gasteiger partial charge in [0.15, 0.2) is 6.61 Å². The molecular formula is C20H24N2O2. The van der Waals surface area contributed by atoms with E-state index in [0.29, 0.717) is 5.75 Å². The summed E-state index contributed by atoms with van der Waals surface area (Å²) in [7, 11) is 0. The van der Waals surface area contributed by atoms with Crippen molar-refractivity contribution in [2.45, 2.75) is 33.1 Å². The van der Waals surface area contributed by atoms with Crippen LogP contribution >= 0.6 is 0 Å². The van der Waals surface area contributed by atoms with Gasteiger partial charge in [-0.2, -0.15) is 5.10 Å². The molecule has 0 aliphatic rings. The van der Waals surface area contributed by atoms with Gasteiger partial charge in [-0.1, -0.05) is 55.8 Å². The maximum Gasteiger partial charge on any atom is 0.277 e. The Balaban J connectivity index is 1.93. The second-order valence-corrected chi connectivity index (χ2v) is 5.67. The van der Waals surface area contributed by atoms with E-state index in [-0.39, 0.29) is 12.5 Å². The van der Waals surface area contributed by atoms with Gasteiger partial charge in [0.25, 0.3) is 5.91 Å². The first-order valence-corrected chi connectivity index (χ1v) is 8.29. The minimum Gasteiger partial charge on any atom is -0.484 e. The maximum atomic E-state index is 12.0. The molecule has 126 valence electrons. The zero-order valence-electron chi connectivity index (χ0n) is 14.3. The quantitative estimate of drug-likeness (QED) is 0.587. The molecule has 0 saturated heterocycles. The summed E-state index contributed by atoms with van der Waals surface area (Å²) in [4.78, 5) is 12.0. The number of hydrogen-bond acceptors (Lipinski definition) is 3. The van der Waals surface area contributed by atoms with E-state index in [1.54, 1.807) is 0 Å². The Hall–Kier alpha value is -2.62. The summed E-state index contributed by atoms with van der Waals surface area (Å²) in [5.74, 6) is 0.421. The van der Waals surface area contributed by atoms with E-state index in [1.165, 1.54) is 0 Å². The van der Waals surface area contributed by atoms with E-state index in [1.807, 2.05) is 61.5 Å². The van der Waals surface area contributed by atoms with Crippen LogP contribution in [0.3, 0.4) is 0 Å². The normalized spacial score (nSPS) is 11.2. The molecule has 0 radical (unpaired) electrons. The number of aryl methyl sites for hydroxylation is 1. The highest BCUT2D eigenvalue weighted by Gasteiger charge is 2.06. The van der Waals surface area contributed by atoms with Gasteiger partial charge in [0, 0.05) is 0 Å². The number of hydrogen-bond donors (Lipinski definition) is 1. The van der Waals surface area contributed by atoms with Gasteiger partial charge in [0.05, 0.1) is 5.71 Å². The van der Waals surface area contributed by atoms with Gasteiger partial charge in [0.2, 0.25) is 0 Å². The lowest BCUT2D eigenvalue weighted by Crippen LogP contribution is -2.26. The van der Waals surface area contributed by atoms with Crippen LogP contribution in [0.2, 0.25) is 0 Å². The Morgan fingerprint density at radius 2 is 1.92 bits per heavy atom. The molecule has 0 aromatic heterocycles. The third kappa shape index (κ3) is 5.88. The second kappa shape index (κ2) is 9.50. The lowest BCUT2D eigenvalue weighted by molar-refractivity contribution is -0.123. The fourth-order valence-electron chi connectivity index (χ4n) is 2.26.